The van der Waals surface area contributed by atoms with E-state index < -0.39 is 34.1 Å². The number of benzene rings is 6. The molecule has 35 heteroatoms. The molecule has 0 fully saturated rings. The van der Waals surface area contributed by atoms with Gasteiger partial charge >= 0.3 is 34.1 Å². The number of pyridine rings is 3. The first kappa shape index (κ1) is 90.5. The van der Waals surface area contributed by atoms with Crippen molar-refractivity contribution < 1.29 is 66.1 Å². The van der Waals surface area contributed by atoms with E-state index in [9.17, 15) is 49.2 Å². The number of ketones is 1. The Labute approximate surface area is 690 Å². The lowest BCUT2D eigenvalue weighted by atomic mass is 10.0. The van der Waals surface area contributed by atoms with Gasteiger partial charge in [0.25, 0.3) is 16.7 Å². The minimum absolute atomic E-state index is 0.00912. The summed E-state index contributed by atoms with van der Waals surface area (Å²) in [6.07, 6.45) is 9.55. The smallest absolute Gasteiger partial charge is 0.495 e. The van der Waals surface area contributed by atoms with Gasteiger partial charge in [0.15, 0.2) is 11.6 Å². The van der Waals surface area contributed by atoms with Crippen molar-refractivity contribution in [1.82, 2.24) is 38.3 Å². The second-order valence-corrected chi connectivity index (χ2v) is 33.5. The number of ether oxygens (including phenoxy) is 3. The molecule has 6 N–H and O–H groups in total. The Bertz CT molecular complexity index is 5750. The maximum absolute atomic E-state index is 12.6. The average Bonchev–Trinajstić information content (AvgIpc) is 1.33. The summed E-state index contributed by atoms with van der Waals surface area (Å²) < 4.78 is 138. The molecule has 0 atom stereocenters. The lowest BCUT2D eigenvalue weighted by molar-refractivity contribution is -0.112. The van der Waals surface area contributed by atoms with E-state index in [-0.39, 0.29) is 65.7 Å². The van der Waals surface area contributed by atoms with E-state index in [1.807, 2.05) is 156 Å². The summed E-state index contributed by atoms with van der Waals surface area (Å²) in [5.74, 6) is 2.17. The van der Waals surface area contributed by atoms with Crippen LogP contribution in [-0.2, 0) is 89.6 Å². The summed E-state index contributed by atoms with van der Waals surface area (Å²) >= 11 is 0. The summed E-state index contributed by atoms with van der Waals surface area (Å²) in [6.45, 7) is 9.85. The molecule has 0 saturated heterocycles. The number of nitrogens with two attached hydrogens (primary N) is 2. The molecule has 0 aliphatic carbocycles. The SMILES string of the molecule is CC(=O)/C=C/C1=C(OS(=O)(=O)C(F)(F)F)CCN(Cc2ccccc2)C1.COc1ccccc1-n1c2c(ccc1=O)CN(Cc1ccccc1)CC2.COc1ccccc1-n1c2c(ccc1=O)CN(S(=O)(=O)Nc1ccon1)CC2.COc1ccccc1-n1c2c(ccc1=O)CNCC2.Cc1ccccc1N.NC1=NCC=C1.O=S(=O)(Cl)Cl. The summed E-state index contributed by atoms with van der Waals surface area (Å²) in [6, 6.07) is 62.0. The Hall–Kier alpha value is -11.4. The highest BCUT2D eigenvalue weighted by atomic mass is 36.0. The monoisotopic (exact) mass is 1720 g/mol. The van der Waals surface area contributed by atoms with Gasteiger partial charge in [-0.2, -0.15) is 42.7 Å². The van der Waals surface area contributed by atoms with Gasteiger partial charge < -0.3 is 39.7 Å². The molecule has 0 bridgehead atoms. The number of anilines is 2. The Morgan fingerprint density at radius 3 is 1.48 bits per heavy atom. The van der Waals surface area contributed by atoms with E-state index in [0.717, 1.165) is 114 Å². The Kier molecular flexibility index (Phi) is 32.7. The number of para-hydroxylation sites is 7. The molecule has 9 heterocycles. The molecule has 0 saturated carbocycles. The number of nitrogen functional groups attached to an aromatic ring is 1. The van der Waals surface area contributed by atoms with E-state index in [2.05, 4.69) is 79.4 Å². The van der Waals surface area contributed by atoms with Crippen LogP contribution in [0.25, 0.3) is 17.1 Å². The predicted octanol–water partition coefficient (Wildman–Crippen LogP) is 11.8. The minimum atomic E-state index is -5.74. The standard InChI is InChI=1S/C22H22N2O2.C18H18N4O5S.C17H18F3NO4S.C15H16N2O2.C7H9N.C4H6N2.Cl2O2S/c1-26-21-10-6-5-9-20(21)24-19-13-14-23(15-17-7-3-2-4-8-17)16-18(19)11-12-22(24)25;1-26-16-5-3-2-4-15(16)22-14-8-10-21(12-13(14)6-7-18(22)23)28(24,25)20-17-9-11-27-19-17;1-13(22)7-8-15-12-21(11-14-5-3-2-4-6-14)10-9-16(15)25-26(23,24)17(18,19)20;1-19-14-5-3-2-4-13(14)17-12-8-9-16-10-11(12)6-7-15(17)18;1-6-4-2-3-5-7(6)8;5-4-2-1-3-6-4;1-5(2,3)4/h2-12H,13-16H2,1H3;2-7,9,11H,8,10,12H2,1H3,(H,19,20);2-8H,9-12H2,1H3;2-7,16H,8-10H2,1H3;2-5H,8H2,1H3;1-2H,3H2,(H2,5,6);/b;;8-7+;;;;. The molecule has 0 radical (unpaired) electrons. The number of aliphatic imine (C=N–C) groups is 1. The Balaban J connectivity index is 0.000000167. The normalized spacial score (nSPS) is 14.5. The number of carbonyl (C=O) groups excluding carboxylic acids is 1. The van der Waals surface area contributed by atoms with Gasteiger partial charge in [-0.25, -0.2) is 0 Å². The highest BCUT2D eigenvalue weighted by Crippen LogP contribution is 2.33. The maximum atomic E-state index is 12.6. The van der Waals surface area contributed by atoms with Crippen molar-refractivity contribution in [3.05, 3.63) is 324 Å². The number of nitrogens with one attached hydrogen (secondary N) is 2. The van der Waals surface area contributed by atoms with Gasteiger partial charge in [0, 0.05) is 165 Å². The molecule has 118 heavy (non-hydrogen) atoms. The molecule has 6 aromatic carbocycles. The Morgan fingerprint density at radius 2 is 1.04 bits per heavy atom. The largest absolute Gasteiger partial charge is 0.534 e. The lowest BCUT2D eigenvalue weighted by Crippen LogP contribution is -2.41. The third kappa shape index (κ3) is 26.0. The zero-order valence-electron chi connectivity index (χ0n) is 65.0. The number of methoxy groups -OCH3 is 3. The van der Waals surface area contributed by atoms with Gasteiger partial charge in [0.2, 0.25) is 0 Å². The molecule has 10 aromatic rings. The first-order chi connectivity index (χ1) is 56.3. The topological polar surface area (TPSA) is 347 Å². The molecule has 27 nitrogen and oxygen atoms in total. The second kappa shape index (κ2) is 42.6. The molecule has 0 unspecified atom stereocenters. The summed E-state index contributed by atoms with van der Waals surface area (Å²) in [4.78, 5) is 56.8. The first-order valence-corrected chi connectivity index (χ1v) is 42.7. The van der Waals surface area contributed by atoms with Crippen LogP contribution in [0.1, 0.15) is 63.8 Å². The molecule has 4 aromatic heterocycles. The zero-order chi connectivity index (χ0) is 85.2. The van der Waals surface area contributed by atoms with Crippen LogP contribution in [0, 0.1) is 6.92 Å². The number of carbonyl (C=O) groups is 1. The van der Waals surface area contributed by atoms with Crippen molar-refractivity contribution in [2.24, 2.45) is 10.7 Å². The fourth-order valence-electron chi connectivity index (χ4n) is 12.9. The molecule has 0 amide bonds. The molecule has 0 spiro atoms. The molecule has 15 rings (SSSR count). The van der Waals surface area contributed by atoms with Gasteiger partial charge in [0.05, 0.1) is 44.9 Å². The fourth-order valence-corrected chi connectivity index (χ4v) is 14.6. The third-order valence-corrected chi connectivity index (χ3v) is 20.9. The van der Waals surface area contributed by atoms with Crippen LogP contribution in [0.15, 0.2) is 266 Å². The Morgan fingerprint density at radius 1 is 0.585 bits per heavy atom. The number of nitrogens with zero attached hydrogens (tertiary/aromatic N) is 8. The summed E-state index contributed by atoms with van der Waals surface area (Å²) in [7, 11) is 0.0825. The van der Waals surface area contributed by atoms with Crippen LogP contribution in [0.4, 0.5) is 24.7 Å². The van der Waals surface area contributed by atoms with Crippen LogP contribution in [0.5, 0.6) is 17.2 Å². The number of aromatic nitrogens is 4. The van der Waals surface area contributed by atoms with Crippen LogP contribution in [-0.4, -0.2) is 136 Å². The second-order valence-electron chi connectivity index (χ2n) is 26.6. The number of hydrogen-bond acceptors (Lipinski definition) is 22. The molecule has 5 aliphatic rings. The average molecular weight is 1720 g/mol. The van der Waals surface area contributed by atoms with Gasteiger partial charge in [-0.3, -0.25) is 52.4 Å². The maximum Gasteiger partial charge on any atom is 0.534 e. The highest BCUT2D eigenvalue weighted by Gasteiger charge is 2.49. The summed E-state index contributed by atoms with van der Waals surface area (Å²) in [5.41, 5.74) is 17.9. The number of fused-ring (bicyclic) bond motifs is 3. The minimum Gasteiger partial charge on any atom is -0.495 e. The molecule has 624 valence electrons. The van der Waals surface area contributed by atoms with Crippen LogP contribution >= 0.6 is 21.4 Å². The number of halogens is 5. The zero-order valence-corrected chi connectivity index (χ0v) is 69.0. The number of aryl methyl sites for hydroxylation is 1. The van der Waals surface area contributed by atoms with Crippen LogP contribution in [0.2, 0.25) is 0 Å². The summed E-state index contributed by atoms with van der Waals surface area (Å²) in [5, 5.41) is 6.89. The van der Waals surface area contributed by atoms with Crippen LogP contribution < -0.4 is 52.4 Å². The van der Waals surface area contributed by atoms with Crippen molar-refractivity contribution in [2.75, 3.05) is 71.1 Å². The fraction of sp³-hybridized carbons (Fsp3) is 0.253. The number of amidine groups is 1. The highest BCUT2D eigenvalue weighted by molar-refractivity contribution is 8.31. The van der Waals surface area contributed by atoms with Gasteiger partial charge in [0.1, 0.15) is 35.1 Å². The van der Waals surface area contributed by atoms with E-state index in [0.29, 0.717) is 36.8 Å². The number of rotatable bonds is 17. The quantitative estimate of drug-likeness (QED) is 0.0216. The molecular weight excluding hydrogens is 1630 g/mol. The number of alkyl halides is 3. The predicted molar refractivity (Wildman–Crippen MR) is 450 cm³/mol. The van der Waals surface area contributed by atoms with Gasteiger partial charge in [-0.05, 0) is 102 Å². The number of hydrogen-bond donors (Lipinski definition) is 4. The van der Waals surface area contributed by atoms with Gasteiger partial charge in [-0.15, -0.1) is 0 Å². The van der Waals surface area contributed by atoms with E-state index in [1.165, 1.54) is 58.5 Å². The van der Waals surface area contributed by atoms with Crippen molar-refractivity contribution >= 4 is 73.1 Å². The lowest BCUT2D eigenvalue weighted by Gasteiger charge is -2.30. The van der Waals surface area contributed by atoms with E-state index in [1.54, 1.807) is 66.9 Å². The molecule has 5 aliphatic heterocycles. The first-order valence-electron chi connectivity index (χ1n) is 36.7. The number of allylic oxidation sites excluding steroid dienone is 1. The van der Waals surface area contributed by atoms with Crippen molar-refractivity contribution in [3.63, 3.8) is 0 Å². The van der Waals surface area contributed by atoms with E-state index >= 15 is 0 Å². The third-order valence-electron chi connectivity index (χ3n) is 18.5. The van der Waals surface area contributed by atoms with Crippen LogP contribution in [0.3, 0.4) is 0 Å². The van der Waals surface area contributed by atoms with Crippen molar-refractivity contribution in [2.45, 2.75) is 77.8 Å². The molecular formula is C83H89Cl2F3N12O15S3. The van der Waals surface area contributed by atoms with E-state index in [4.69, 9.17) is 34.1 Å². The van der Waals surface area contributed by atoms with Crippen molar-refractivity contribution in [1.29, 1.82) is 0 Å². The van der Waals surface area contributed by atoms with Crippen molar-refractivity contribution in [3.8, 4) is 34.3 Å². The van der Waals surface area contributed by atoms with Gasteiger partial charge in [-0.1, -0.05) is 151 Å².